The number of carbonyl (C=O) groups is 2. The molecule has 0 aliphatic carbocycles. The fourth-order valence-corrected chi connectivity index (χ4v) is 1.76. The van der Waals surface area contributed by atoms with Gasteiger partial charge in [0.05, 0.1) is 12.5 Å². The van der Waals surface area contributed by atoms with E-state index in [1.165, 1.54) is 0 Å². The van der Waals surface area contributed by atoms with E-state index in [1.807, 2.05) is 6.92 Å². The summed E-state index contributed by atoms with van der Waals surface area (Å²) in [7, 11) is 0. The molecule has 0 bridgehead atoms. The molecule has 0 radical (unpaired) electrons. The van der Waals surface area contributed by atoms with Crippen molar-refractivity contribution < 1.29 is 14.3 Å². The van der Waals surface area contributed by atoms with Crippen molar-refractivity contribution in [3.8, 4) is 5.88 Å². The number of amides is 2. The average Bonchev–Trinajstić information content (AvgIpc) is 2.79. The molecule has 2 heterocycles. The molecule has 2 rings (SSSR count). The standard InChI is InChI=1S/C12H15N3O3/c1-2-18-12-9(4-3-5-13-12)15-11(17)8-6-10(16)14-7-8/h3-5,8H,2,6-7H2,1H3,(H,14,16)(H,15,17). The van der Waals surface area contributed by atoms with Gasteiger partial charge in [-0.05, 0) is 19.1 Å². The van der Waals surface area contributed by atoms with Gasteiger partial charge < -0.3 is 15.4 Å². The van der Waals surface area contributed by atoms with Crippen molar-refractivity contribution in [2.75, 3.05) is 18.5 Å². The molecule has 2 N–H and O–H groups in total. The maximum absolute atomic E-state index is 11.9. The van der Waals surface area contributed by atoms with Crippen LogP contribution in [0.3, 0.4) is 0 Å². The van der Waals surface area contributed by atoms with Gasteiger partial charge in [-0.3, -0.25) is 9.59 Å². The molecule has 1 atom stereocenters. The molecule has 0 saturated carbocycles. The molecule has 1 aromatic heterocycles. The first-order chi connectivity index (χ1) is 8.70. The van der Waals surface area contributed by atoms with Gasteiger partial charge in [0, 0.05) is 19.2 Å². The smallest absolute Gasteiger partial charge is 0.237 e. The minimum atomic E-state index is -0.327. The Hall–Kier alpha value is -2.11. The van der Waals surface area contributed by atoms with Crippen LogP contribution in [0.1, 0.15) is 13.3 Å². The van der Waals surface area contributed by atoms with E-state index in [2.05, 4.69) is 15.6 Å². The number of pyridine rings is 1. The third kappa shape index (κ3) is 2.77. The number of nitrogens with one attached hydrogen (secondary N) is 2. The molecular weight excluding hydrogens is 234 g/mol. The lowest BCUT2D eigenvalue weighted by atomic mass is 10.1. The van der Waals surface area contributed by atoms with Crippen molar-refractivity contribution in [2.45, 2.75) is 13.3 Å². The van der Waals surface area contributed by atoms with Crippen LogP contribution in [-0.4, -0.2) is 29.9 Å². The van der Waals surface area contributed by atoms with E-state index in [-0.39, 0.29) is 24.2 Å². The summed E-state index contributed by atoms with van der Waals surface area (Å²) < 4.78 is 5.31. The van der Waals surface area contributed by atoms with Crippen LogP contribution in [0.4, 0.5) is 5.69 Å². The van der Waals surface area contributed by atoms with Gasteiger partial charge in [0.15, 0.2) is 0 Å². The SMILES string of the molecule is CCOc1ncccc1NC(=O)C1CNC(=O)C1. The summed E-state index contributed by atoms with van der Waals surface area (Å²) in [5.41, 5.74) is 0.531. The third-order valence-corrected chi connectivity index (χ3v) is 2.66. The van der Waals surface area contributed by atoms with Crippen LogP contribution < -0.4 is 15.4 Å². The number of ether oxygens (including phenoxy) is 1. The molecule has 6 nitrogen and oxygen atoms in total. The summed E-state index contributed by atoms with van der Waals surface area (Å²) in [5.74, 6) is -0.216. The Morgan fingerprint density at radius 3 is 3.17 bits per heavy atom. The fourth-order valence-electron chi connectivity index (χ4n) is 1.76. The van der Waals surface area contributed by atoms with Crippen molar-refractivity contribution >= 4 is 17.5 Å². The van der Waals surface area contributed by atoms with E-state index in [0.29, 0.717) is 24.7 Å². The third-order valence-electron chi connectivity index (χ3n) is 2.66. The number of anilines is 1. The summed E-state index contributed by atoms with van der Waals surface area (Å²) >= 11 is 0. The Morgan fingerprint density at radius 1 is 1.67 bits per heavy atom. The van der Waals surface area contributed by atoms with E-state index in [9.17, 15) is 9.59 Å². The minimum absolute atomic E-state index is 0.0913. The zero-order valence-electron chi connectivity index (χ0n) is 10.1. The highest BCUT2D eigenvalue weighted by atomic mass is 16.5. The molecule has 1 aliphatic heterocycles. The number of hydrogen-bond acceptors (Lipinski definition) is 4. The second-order valence-corrected chi connectivity index (χ2v) is 3.98. The first kappa shape index (κ1) is 12.3. The van der Waals surface area contributed by atoms with Gasteiger partial charge in [0.25, 0.3) is 0 Å². The molecule has 2 amide bonds. The van der Waals surface area contributed by atoms with Crippen LogP contribution in [-0.2, 0) is 9.59 Å². The van der Waals surface area contributed by atoms with Crippen LogP contribution >= 0.6 is 0 Å². The maximum atomic E-state index is 11.9. The van der Waals surface area contributed by atoms with Crippen molar-refractivity contribution in [2.24, 2.45) is 5.92 Å². The van der Waals surface area contributed by atoms with E-state index in [1.54, 1.807) is 18.3 Å². The summed E-state index contributed by atoms with van der Waals surface area (Å²) in [5, 5.41) is 5.37. The zero-order chi connectivity index (χ0) is 13.0. The Kier molecular flexibility index (Phi) is 3.76. The summed E-state index contributed by atoms with van der Waals surface area (Å²) in [6.45, 7) is 2.71. The zero-order valence-corrected chi connectivity index (χ0v) is 10.1. The summed E-state index contributed by atoms with van der Waals surface area (Å²) in [4.78, 5) is 27.0. The molecule has 0 aromatic carbocycles. The molecular formula is C12H15N3O3. The normalized spacial score (nSPS) is 18.3. The van der Waals surface area contributed by atoms with Crippen molar-refractivity contribution in [3.05, 3.63) is 18.3 Å². The van der Waals surface area contributed by atoms with Crippen LogP contribution in [0, 0.1) is 5.92 Å². The van der Waals surface area contributed by atoms with Gasteiger partial charge >= 0.3 is 0 Å². The number of rotatable bonds is 4. The van der Waals surface area contributed by atoms with E-state index in [0.717, 1.165) is 0 Å². The minimum Gasteiger partial charge on any atom is -0.476 e. The highest BCUT2D eigenvalue weighted by Crippen LogP contribution is 2.22. The molecule has 1 aromatic rings. The number of carbonyl (C=O) groups excluding carboxylic acids is 2. The molecule has 1 aliphatic rings. The second kappa shape index (κ2) is 5.48. The van der Waals surface area contributed by atoms with Crippen LogP contribution in [0.25, 0.3) is 0 Å². The largest absolute Gasteiger partial charge is 0.476 e. The van der Waals surface area contributed by atoms with Crippen LogP contribution in [0.15, 0.2) is 18.3 Å². The van der Waals surface area contributed by atoms with Crippen LogP contribution in [0.2, 0.25) is 0 Å². The molecule has 1 unspecified atom stereocenters. The maximum Gasteiger partial charge on any atom is 0.237 e. The molecule has 96 valence electrons. The van der Waals surface area contributed by atoms with Gasteiger partial charge in [-0.15, -0.1) is 0 Å². The lowest BCUT2D eigenvalue weighted by Gasteiger charge is -2.12. The molecule has 1 fully saturated rings. The first-order valence-corrected chi connectivity index (χ1v) is 5.86. The highest BCUT2D eigenvalue weighted by molar-refractivity contribution is 5.97. The van der Waals surface area contributed by atoms with E-state index in [4.69, 9.17) is 4.74 Å². The van der Waals surface area contributed by atoms with Crippen molar-refractivity contribution in [1.29, 1.82) is 0 Å². The Labute approximate surface area is 105 Å². The number of aromatic nitrogens is 1. The van der Waals surface area contributed by atoms with Gasteiger partial charge in [-0.25, -0.2) is 4.98 Å². The molecule has 18 heavy (non-hydrogen) atoms. The van der Waals surface area contributed by atoms with Gasteiger partial charge in [-0.1, -0.05) is 0 Å². The number of nitrogens with zero attached hydrogens (tertiary/aromatic N) is 1. The van der Waals surface area contributed by atoms with Crippen molar-refractivity contribution in [1.82, 2.24) is 10.3 Å². The average molecular weight is 249 g/mol. The topological polar surface area (TPSA) is 80.3 Å². The quantitative estimate of drug-likeness (QED) is 0.816. The van der Waals surface area contributed by atoms with E-state index >= 15 is 0 Å². The second-order valence-electron chi connectivity index (χ2n) is 3.98. The predicted octanol–water partition coefficient (Wildman–Crippen LogP) is 0.555. The summed E-state index contributed by atoms with van der Waals surface area (Å²) in [6.07, 6.45) is 1.83. The van der Waals surface area contributed by atoms with Gasteiger partial charge in [0.1, 0.15) is 5.69 Å². The van der Waals surface area contributed by atoms with Crippen molar-refractivity contribution in [3.63, 3.8) is 0 Å². The van der Waals surface area contributed by atoms with Crippen LogP contribution in [0.5, 0.6) is 5.88 Å². The molecule has 0 spiro atoms. The summed E-state index contributed by atoms with van der Waals surface area (Å²) in [6, 6.07) is 3.44. The number of hydrogen-bond donors (Lipinski definition) is 2. The van der Waals surface area contributed by atoms with Gasteiger partial charge in [0.2, 0.25) is 17.7 Å². The first-order valence-electron chi connectivity index (χ1n) is 5.86. The Bertz CT molecular complexity index is 462. The van der Waals surface area contributed by atoms with Gasteiger partial charge in [-0.2, -0.15) is 0 Å². The Morgan fingerprint density at radius 2 is 2.50 bits per heavy atom. The lowest BCUT2D eigenvalue weighted by Crippen LogP contribution is -2.25. The molecule has 1 saturated heterocycles. The van der Waals surface area contributed by atoms with E-state index < -0.39 is 0 Å². The predicted molar refractivity (Wildman–Crippen MR) is 65.2 cm³/mol. The molecule has 6 heteroatoms. The Balaban J connectivity index is 2.04. The monoisotopic (exact) mass is 249 g/mol. The fraction of sp³-hybridized carbons (Fsp3) is 0.417. The highest BCUT2D eigenvalue weighted by Gasteiger charge is 2.28. The lowest BCUT2D eigenvalue weighted by molar-refractivity contribution is -0.123.